The van der Waals surface area contributed by atoms with Gasteiger partial charge in [0.15, 0.2) is 11.6 Å². The van der Waals surface area contributed by atoms with Crippen molar-refractivity contribution in [3.05, 3.63) is 134 Å². The summed E-state index contributed by atoms with van der Waals surface area (Å²) in [5.41, 5.74) is 13.8. The molecule has 0 radical (unpaired) electrons. The number of fused-ring (bicyclic) bond motifs is 5. The van der Waals surface area contributed by atoms with Gasteiger partial charge >= 0.3 is 11.9 Å². The zero-order chi connectivity index (χ0) is 65.7. The molecule has 5 heterocycles. The lowest BCUT2D eigenvalue weighted by molar-refractivity contribution is -0.172. The number of oxime groups is 1. The second-order valence-electron chi connectivity index (χ2n) is 21.7. The largest absolute Gasteiger partial charge is 0.481 e. The summed E-state index contributed by atoms with van der Waals surface area (Å²) in [7, 11) is 0. The molecule has 7 amide bonds. The highest BCUT2D eigenvalue weighted by Crippen LogP contribution is 2.40. The fourth-order valence-corrected chi connectivity index (χ4v) is 10.4. The van der Waals surface area contributed by atoms with Gasteiger partial charge in [-0.3, -0.25) is 48.1 Å². The van der Waals surface area contributed by atoms with Gasteiger partial charge in [0.25, 0.3) is 5.56 Å². The summed E-state index contributed by atoms with van der Waals surface area (Å²) in [4.78, 5) is 146. The maximum Gasteiger partial charge on any atom is 0.343 e. The first-order valence-corrected chi connectivity index (χ1v) is 29.7. The molecule has 0 aliphatic carbocycles. The quantitative estimate of drug-likeness (QED) is 0.00857. The van der Waals surface area contributed by atoms with E-state index in [0.29, 0.717) is 44.7 Å². The van der Waals surface area contributed by atoms with Crippen LogP contribution in [0.4, 0.5) is 0 Å². The minimum Gasteiger partial charge on any atom is -0.481 e. The van der Waals surface area contributed by atoms with Crippen molar-refractivity contribution < 1.29 is 77.1 Å². The molecule has 0 saturated carbocycles. The minimum absolute atomic E-state index is 0.00434. The Hall–Kier alpha value is -10.2. The summed E-state index contributed by atoms with van der Waals surface area (Å²) >= 11 is 0. The van der Waals surface area contributed by atoms with Crippen molar-refractivity contribution in [1.29, 1.82) is 0 Å². The molecule has 13 N–H and O–H groups in total. The Labute approximate surface area is 526 Å². The molecule has 0 spiro atoms. The first kappa shape index (κ1) is 67.8. The van der Waals surface area contributed by atoms with Gasteiger partial charge in [0, 0.05) is 48.0 Å². The van der Waals surface area contributed by atoms with Gasteiger partial charge in [0.2, 0.25) is 41.4 Å². The molecule has 488 valence electrons. The number of nitrogens with zero attached hydrogens (tertiary/aromatic N) is 4. The fourth-order valence-electron chi connectivity index (χ4n) is 10.4. The number of pyridine rings is 2. The monoisotopic (exact) mass is 1270 g/mol. The van der Waals surface area contributed by atoms with Gasteiger partial charge in [-0.05, 0) is 48.1 Å². The van der Waals surface area contributed by atoms with E-state index in [4.69, 9.17) is 40.2 Å². The normalized spacial score (nSPS) is 19.1. The number of ether oxygens (including phenoxy) is 4. The first-order valence-electron chi connectivity index (χ1n) is 29.7. The maximum absolute atomic E-state index is 14.2. The van der Waals surface area contributed by atoms with E-state index in [1.165, 1.54) is 6.21 Å². The molecule has 0 unspecified atom stereocenters. The number of para-hydroxylation sites is 1. The number of hydrogen-bond donors (Lipinski definition) is 11. The molecule has 92 heavy (non-hydrogen) atoms. The molecular formula is C62H73N13O17. The smallest absolute Gasteiger partial charge is 0.343 e. The van der Waals surface area contributed by atoms with Crippen LogP contribution in [0.1, 0.15) is 71.6 Å². The van der Waals surface area contributed by atoms with Crippen LogP contribution >= 0.6 is 0 Å². The highest BCUT2D eigenvalue weighted by atomic mass is 16.6. The van der Waals surface area contributed by atoms with E-state index in [-0.39, 0.29) is 134 Å². The molecule has 1 saturated heterocycles. The summed E-state index contributed by atoms with van der Waals surface area (Å²) < 4.78 is 23.1. The number of carboxylic acids is 1. The van der Waals surface area contributed by atoms with E-state index < -0.39 is 96.0 Å². The predicted molar refractivity (Wildman–Crippen MR) is 329 cm³/mol. The van der Waals surface area contributed by atoms with Crippen LogP contribution in [0, 0.1) is 0 Å². The number of carbonyl (C=O) groups excluding carboxylic acids is 8. The van der Waals surface area contributed by atoms with Crippen molar-refractivity contribution in [3.63, 3.8) is 0 Å². The SMILES string of the molecule is CC[C@@]1(O)C(=O)OCc2c1cc1n(c2=O)Cc2c-1nc1ccccc1c2/C=N\OCCNC(=O)COCCOCCOCC(=O)NCc1ccc(C[C@@H]2NC(=O)[C@@H](Cc3ccccc3)NC(=O)[C@H](CC(=O)O)NC(=O)CNC(=O)[C@H](CCCN=C(N)N)NC2=O)cc1. The molecule has 30 heteroatoms. The average molecular weight is 1270 g/mol. The van der Waals surface area contributed by atoms with Gasteiger partial charge < -0.3 is 87.3 Å². The number of esters is 1. The van der Waals surface area contributed by atoms with E-state index in [9.17, 15) is 58.2 Å². The highest BCUT2D eigenvalue weighted by molar-refractivity contribution is 6.03. The number of amides is 7. The van der Waals surface area contributed by atoms with Crippen LogP contribution in [0.5, 0.6) is 0 Å². The van der Waals surface area contributed by atoms with Gasteiger partial charge in [-0.1, -0.05) is 84.9 Å². The van der Waals surface area contributed by atoms with Crippen molar-refractivity contribution in [2.24, 2.45) is 21.6 Å². The molecule has 3 aliphatic heterocycles. The van der Waals surface area contributed by atoms with Crippen LogP contribution in [-0.2, 0) is 105 Å². The standard InChI is InChI=1S/C62H73N13O17/c1-2-62(87)43-27-49-54-41(32-75(49)59(85)42(43)33-91-60(62)86)40(39-11-6-7-12-44(39)71-54)30-69-92-20-19-65-51(77)34-89-23-21-88-22-24-90-35-52(78)67-29-38-16-14-37(15-17-38)26-47-56(82)72-45(13-8-18-66-61(63)64)55(81)68-31-50(76)70-48(28-53(79)80)58(84)74-46(57(83)73-47)25-36-9-4-3-5-10-36/h3-7,9-12,14-17,27,30,45-48,87H,2,8,13,18-26,28-29,31-35H2,1H3,(H,65,77)(H,67,78)(H,68,81)(H,70,76)(H,72,82)(H,73,83)(H,74,84)(H,79,80)(H4,63,64,66)/b69-30-/t45-,46+,47-,48-,62-/m0/s1. The summed E-state index contributed by atoms with van der Waals surface area (Å²) in [6.07, 6.45) is 0.693. The van der Waals surface area contributed by atoms with Crippen LogP contribution in [-0.4, -0.2) is 175 Å². The molecule has 8 rings (SSSR count). The van der Waals surface area contributed by atoms with E-state index in [0.717, 1.165) is 5.39 Å². The van der Waals surface area contributed by atoms with Crippen molar-refractivity contribution in [2.45, 2.75) is 94.9 Å². The minimum atomic E-state index is -1.96. The maximum atomic E-state index is 14.2. The lowest BCUT2D eigenvalue weighted by Gasteiger charge is -2.31. The number of aliphatic hydroxyl groups is 1. The third-order valence-corrected chi connectivity index (χ3v) is 15.2. The highest BCUT2D eigenvalue weighted by Gasteiger charge is 2.46. The number of rotatable bonds is 28. The second-order valence-corrected chi connectivity index (χ2v) is 21.7. The number of carbonyl (C=O) groups is 9. The van der Waals surface area contributed by atoms with E-state index in [1.807, 2.05) is 24.3 Å². The number of nitrogens with two attached hydrogens (primary N) is 2. The van der Waals surface area contributed by atoms with Crippen molar-refractivity contribution in [3.8, 4) is 11.4 Å². The van der Waals surface area contributed by atoms with E-state index >= 15 is 0 Å². The number of nitrogens with one attached hydrogen (secondary N) is 7. The molecule has 5 atom stereocenters. The fraction of sp³-hybridized carbons (Fsp3) is 0.403. The number of carboxylic acid groups (broad SMARTS) is 1. The lowest BCUT2D eigenvalue weighted by Crippen LogP contribution is -2.58. The number of aliphatic imine (C=N–C) groups is 1. The van der Waals surface area contributed by atoms with Gasteiger partial charge in [0.05, 0.1) is 81.2 Å². The second kappa shape index (κ2) is 32.5. The van der Waals surface area contributed by atoms with Gasteiger partial charge in [-0.25, -0.2) is 9.78 Å². The molecule has 30 nitrogen and oxygen atoms in total. The summed E-state index contributed by atoms with van der Waals surface area (Å²) in [5.74, 6) is -7.54. The first-order chi connectivity index (χ1) is 44.3. The van der Waals surface area contributed by atoms with E-state index in [2.05, 4.69) is 47.4 Å². The number of hydrogen-bond acceptors (Lipinski definition) is 19. The number of aromatic nitrogens is 2. The van der Waals surface area contributed by atoms with Crippen molar-refractivity contribution >= 4 is 76.4 Å². The molecule has 5 aromatic rings. The Kier molecular flexibility index (Phi) is 24.0. The number of guanidine groups is 1. The molecule has 2 aromatic heterocycles. The Balaban J connectivity index is 0.748. The predicted octanol–water partition coefficient (Wildman–Crippen LogP) is -1.71. The van der Waals surface area contributed by atoms with Crippen LogP contribution < -0.4 is 54.2 Å². The van der Waals surface area contributed by atoms with Gasteiger partial charge in [-0.2, -0.15) is 0 Å². The molecular weight excluding hydrogens is 1200 g/mol. The molecule has 1 fully saturated rings. The summed E-state index contributed by atoms with van der Waals surface area (Å²) in [5, 5.41) is 43.9. The Morgan fingerprint density at radius 3 is 2.04 bits per heavy atom. The molecule has 3 aromatic carbocycles. The van der Waals surface area contributed by atoms with Crippen LogP contribution in [0.3, 0.4) is 0 Å². The van der Waals surface area contributed by atoms with Crippen LogP contribution in [0.2, 0.25) is 0 Å². The number of cyclic esters (lactones) is 1. The summed E-state index contributed by atoms with van der Waals surface area (Å²) in [6, 6.07) is 18.8. The molecule has 3 aliphatic rings. The zero-order valence-electron chi connectivity index (χ0n) is 50.4. The van der Waals surface area contributed by atoms with Crippen LogP contribution in [0.15, 0.2) is 99.9 Å². The lowest BCUT2D eigenvalue weighted by atomic mass is 9.86. The third-order valence-electron chi connectivity index (χ3n) is 15.2. The zero-order valence-corrected chi connectivity index (χ0v) is 50.4. The summed E-state index contributed by atoms with van der Waals surface area (Å²) in [6.45, 7) is 1.15. The van der Waals surface area contributed by atoms with Crippen molar-refractivity contribution in [1.82, 2.24) is 46.8 Å². The Bertz CT molecular complexity index is 3650. The average Bonchev–Trinajstić information content (AvgIpc) is 1.47. The topological polar surface area (TPSA) is 436 Å². The Morgan fingerprint density at radius 2 is 1.37 bits per heavy atom. The van der Waals surface area contributed by atoms with Crippen molar-refractivity contribution in [2.75, 3.05) is 65.9 Å². The van der Waals surface area contributed by atoms with Gasteiger partial charge in [-0.15, -0.1) is 0 Å². The van der Waals surface area contributed by atoms with Crippen LogP contribution in [0.25, 0.3) is 22.3 Å². The number of aliphatic carboxylic acids is 1. The molecule has 0 bridgehead atoms. The Morgan fingerprint density at radius 1 is 0.750 bits per heavy atom. The van der Waals surface area contributed by atoms with E-state index in [1.54, 1.807) is 72.2 Å². The third kappa shape index (κ3) is 18.3. The van der Waals surface area contributed by atoms with Gasteiger partial charge in [0.1, 0.15) is 50.6 Å². The number of benzene rings is 3.